The van der Waals surface area contributed by atoms with E-state index in [1.807, 2.05) is 12.1 Å². The van der Waals surface area contributed by atoms with Gasteiger partial charge < -0.3 is 15.1 Å². The van der Waals surface area contributed by atoms with E-state index in [-0.39, 0.29) is 17.9 Å². The molecule has 2 fully saturated rings. The van der Waals surface area contributed by atoms with E-state index in [0.29, 0.717) is 10.0 Å². The van der Waals surface area contributed by atoms with Crippen LogP contribution in [0.5, 0.6) is 0 Å². The van der Waals surface area contributed by atoms with Crippen LogP contribution in [0.2, 0.25) is 10.0 Å². The SMILES string of the molecule is O=C(NC1CCCN(c2ccc(Cl)cc2Cl)C1)C1CCN(c2cnccn2)CC1. The van der Waals surface area contributed by atoms with Gasteiger partial charge in [0.1, 0.15) is 5.82 Å². The third kappa shape index (κ3) is 4.93. The Kier molecular flexibility index (Phi) is 6.40. The fourth-order valence-electron chi connectivity index (χ4n) is 4.20. The molecule has 2 aromatic rings. The Hall–Kier alpha value is -2.05. The molecule has 1 unspecified atom stereocenters. The minimum Gasteiger partial charge on any atom is -0.368 e. The molecule has 0 saturated carbocycles. The molecule has 2 aliphatic heterocycles. The molecule has 2 aliphatic rings. The van der Waals surface area contributed by atoms with Gasteiger partial charge in [0.25, 0.3) is 0 Å². The van der Waals surface area contributed by atoms with Crippen LogP contribution in [0.4, 0.5) is 11.5 Å². The number of carbonyl (C=O) groups is 1. The Labute approximate surface area is 181 Å². The highest BCUT2D eigenvalue weighted by Crippen LogP contribution is 2.31. The average molecular weight is 434 g/mol. The monoisotopic (exact) mass is 433 g/mol. The predicted molar refractivity (Wildman–Crippen MR) is 117 cm³/mol. The van der Waals surface area contributed by atoms with Crippen LogP contribution in [-0.2, 0) is 4.79 Å². The molecule has 1 N–H and O–H groups in total. The summed E-state index contributed by atoms with van der Waals surface area (Å²) in [6.07, 6.45) is 8.84. The van der Waals surface area contributed by atoms with Crippen LogP contribution in [0.15, 0.2) is 36.8 Å². The number of halogens is 2. The zero-order valence-corrected chi connectivity index (χ0v) is 17.7. The lowest BCUT2D eigenvalue weighted by molar-refractivity contribution is -0.126. The van der Waals surface area contributed by atoms with E-state index in [1.54, 1.807) is 24.7 Å². The number of piperidine rings is 2. The molecular formula is C21H25Cl2N5O. The molecule has 8 heteroatoms. The van der Waals surface area contributed by atoms with Crippen molar-refractivity contribution in [1.82, 2.24) is 15.3 Å². The topological polar surface area (TPSA) is 61.4 Å². The van der Waals surface area contributed by atoms with E-state index < -0.39 is 0 Å². The van der Waals surface area contributed by atoms with Gasteiger partial charge in [0.05, 0.1) is 16.9 Å². The second-order valence-electron chi connectivity index (χ2n) is 7.71. The minimum atomic E-state index is 0.0532. The third-order valence-corrected chi connectivity index (χ3v) is 6.30. The first kappa shape index (κ1) is 20.2. The first-order chi connectivity index (χ1) is 14.1. The molecule has 3 heterocycles. The van der Waals surface area contributed by atoms with Crippen LogP contribution >= 0.6 is 23.2 Å². The Morgan fingerprint density at radius 3 is 2.62 bits per heavy atom. The van der Waals surface area contributed by atoms with Crippen molar-refractivity contribution in [3.8, 4) is 0 Å². The summed E-state index contributed by atoms with van der Waals surface area (Å²) in [6, 6.07) is 5.72. The maximum absolute atomic E-state index is 12.8. The molecule has 1 amide bonds. The molecule has 154 valence electrons. The van der Waals surface area contributed by atoms with Gasteiger partial charge in [-0.3, -0.25) is 9.78 Å². The molecule has 4 rings (SSSR count). The van der Waals surface area contributed by atoms with Crippen molar-refractivity contribution in [3.05, 3.63) is 46.8 Å². The van der Waals surface area contributed by atoms with Crippen molar-refractivity contribution in [2.24, 2.45) is 5.92 Å². The van der Waals surface area contributed by atoms with Crippen LogP contribution in [0.1, 0.15) is 25.7 Å². The van der Waals surface area contributed by atoms with Crippen molar-refractivity contribution < 1.29 is 4.79 Å². The molecule has 0 aliphatic carbocycles. The molecule has 1 aromatic heterocycles. The number of benzene rings is 1. The normalized spacial score (nSPS) is 20.6. The number of rotatable bonds is 4. The van der Waals surface area contributed by atoms with E-state index in [0.717, 1.165) is 63.4 Å². The summed E-state index contributed by atoms with van der Waals surface area (Å²) >= 11 is 12.4. The van der Waals surface area contributed by atoms with Gasteiger partial charge in [0.15, 0.2) is 0 Å². The number of nitrogens with zero attached hydrogens (tertiary/aromatic N) is 4. The van der Waals surface area contributed by atoms with Gasteiger partial charge in [-0.15, -0.1) is 0 Å². The summed E-state index contributed by atoms with van der Waals surface area (Å²) in [5.74, 6) is 1.10. The van der Waals surface area contributed by atoms with E-state index in [2.05, 4.69) is 25.1 Å². The maximum atomic E-state index is 12.8. The molecule has 29 heavy (non-hydrogen) atoms. The minimum absolute atomic E-state index is 0.0532. The van der Waals surface area contributed by atoms with Gasteiger partial charge >= 0.3 is 0 Å². The van der Waals surface area contributed by atoms with Gasteiger partial charge in [-0.1, -0.05) is 23.2 Å². The summed E-state index contributed by atoms with van der Waals surface area (Å²) < 4.78 is 0. The van der Waals surface area contributed by atoms with Crippen molar-refractivity contribution in [2.45, 2.75) is 31.7 Å². The first-order valence-electron chi connectivity index (χ1n) is 10.1. The van der Waals surface area contributed by atoms with E-state index in [9.17, 15) is 4.79 Å². The van der Waals surface area contributed by atoms with Crippen molar-refractivity contribution in [1.29, 1.82) is 0 Å². The standard InChI is InChI=1S/C21H25Cl2N5O/c22-16-3-4-19(18(23)12-16)28-9-1-2-17(14-28)26-21(29)15-5-10-27(11-6-15)20-13-24-7-8-25-20/h3-4,7-8,12-13,15,17H,1-2,5-6,9-11,14H2,(H,26,29). The third-order valence-electron chi connectivity index (χ3n) is 5.76. The fraction of sp³-hybridized carbons (Fsp3) is 0.476. The lowest BCUT2D eigenvalue weighted by atomic mass is 9.95. The average Bonchev–Trinajstić information content (AvgIpc) is 2.75. The van der Waals surface area contributed by atoms with E-state index in [4.69, 9.17) is 23.2 Å². The number of hydrogen-bond donors (Lipinski definition) is 1. The van der Waals surface area contributed by atoms with Crippen molar-refractivity contribution in [2.75, 3.05) is 36.0 Å². The van der Waals surface area contributed by atoms with Gasteiger partial charge in [-0.2, -0.15) is 0 Å². The summed E-state index contributed by atoms with van der Waals surface area (Å²) in [6.45, 7) is 3.36. The number of hydrogen-bond acceptors (Lipinski definition) is 5. The lowest BCUT2D eigenvalue weighted by Gasteiger charge is -2.37. The Balaban J connectivity index is 1.30. The molecule has 6 nitrogen and oxygen atoms in total. The zero-order chi connectivity index (χ0) is 20.2. The van der Waals surface area contributed by atoms with Gasteiger partial charge in [0, 0.05) is 55.6 Å². The van der Waals surface area contributed by atoms with Crippen LogP contribution < -0.4 is 15.1 Å². The smallest absolute Gasteiger partial charge is 0.223 e. The quantitative estimate of drug-likeness (QED) is 0.794. The lowest BCUT2D eigenvalue weighted by Crippen LogP contribution is -2.50. The highest BCUT2D eigenvalue weighted by molar-refractivity contribution is 6.36. The number of anilines is 2. The first-order valence-corrected chi connectivity index (χ1v) is 10.9. The maximum Gasteiger partial charge on any atom is 0.223 e. The predicted octanol–water partition coefficient (Wildman–Crippen LogP) is 3.79. The second kappa shape index (κ2) is 9.18. The van der Waals surface area contributed by atoms with Crippen molar-refractivity contribution in [3.63, 3.8) is 0 Å². The highest BCUT2D eigenvalue weighted by atomic mass is 35.5. The van der Waals surface area contributed by atoms with Crippen LogP contribution in [0, 0.1) is 5.92 Å². The largest absolute Gasteiger partial charge is 0.368 e. The van der Waals surface area contributed by atoms with Crippen molar-refractivity contribution >= 4 is 40.6 Å². The molecule has 1 atom stereocenters. The summed E-state index contributed by atoms with van der Waals surface area (Å²) in [5, 5.41) is 4.56. The fourth-order valence-corrected chi connectivity index (χ4v) is 4.72. The van der Waals surface area contributed by atoms with Crippen LogP contribution in [0.3, 0.4) is 0 Å². The van der Waals surface area contributed by atoms with Crippen LogP contribution in [0.25, 0.3) is 0 Å². The number of carbonyl (C=O) groups excluding carboxylic acids is 1. The second-order valence-corrected chi connectivity index (χ2v) is 8.56. The highest BCUT2D eigenvalue weighted by Gasteiger charge is 2.29. The van der Waals surface area contributed by atoms with Gasteiger partial charge in [0.2, 0.25) is 5.91 Å². The number of nitrogens with one attached hydrogen (secondary N) is 1. The summed E-state index contributed by atoms with van der Waals surface area (Å²) in [4.78, 5) is 25.8. The Morgan fingerprint density at radius 2 is 1.90 bits per heavy atom. The zero-order valence-electron chi connectivity index (χ0n) is 16.2. The van der Waals surface area contributed by atoms with Gasteiger partial charge in [-0.25, -0.2) is 4.98 Å². The van der Waals surface area contributed by atoms with Crippen LogP contribution in [-0.4, -0.2) is 48.1 Å². The molecule has 0 spiro atoms. The summed E-state index contributed by atoms with van der Waals surface area (Å²) in [7, 11) is 0. The Morgan fingerprint density at radius 1 is 1.07 bits per heavy atom. The summed E-state index contributed by atoms with van der Waals surface area (Å²) in [5.41, 5.74) is 0.979. The molecule has 0 bridgehead atoms. The Bertz CT molecular complexity index is 842. The van der Waals surface area contributed by atoms with E-state index in [1.165, 1.54) is 0 Å². The molecular weight excluding hydrogens is 409 g/mol. The number of amides is 1. The molecule has 1 aromatic carbocycles. The molecule has 2 saturated heterocycles. The molecule has 0 radical (unpaired) electrons. The number of aromatic nitrogens is 2. The van der Waals surface area contributed by atoms with Gasteiger partial charge in [-0.05, 0) is 43.9 Å². The van der Waals surface area contributed by atoms with E-state index >= 15 is 0 Å².